The average Bonchev–Trinajstić information content (AvgIpc) is 2.06. The monoisotopic (exact) mass is 264 g/mol. The number of likely N-dealkylation sites (tertiary alicyclic amines) is 1. The summed E-state index contributed by atoms with van der Waals surface area (Å²) in [6.07, 6.45) is 0.610. The first-order valence-corrected chi connectivity index (χ1v) is 5.85. The quantitative estimate of drug-likeness (QED) is 0.731. The van der Waals surface area contributed by atoms with E-state index in [0.717, 1.165) is 6.42 Å². The number of hydrogen-bond acceptors (Lipinski definition) is 3. The molecule has 1 atom stereocenters. The predicted molar refractivity (Wildman–Crippen MR) is 71.4 cm³/mol. The van der Waals surface area contributed by atoms with Gasteiger partial charge in [-0.05, 0) is 32.6 Å². The summed E-state index contributed by atoms with van der Waals surface area (Å²) in [6, 6.07) is 0.159. The highest BCUT2D eigenvalue weighted by Crippen LogP contribution is 2.28. The fraction of sp³-hybridized carbons (Fsp3) is 0.917. The number of amides is 1. The maximum atomic E-state index is 11.9. The molecule has 5 heteroatoms. The molecule has 0 aliphatic carbocycles. The van der Waals surface area contributed by atoms with E-state index in [1.165, 1.54) is 0 Å². The van der Waals surface area contributed by atoms with Crippen LogP contribution in [0, 0.1) is 5.41 Å². The topological polar surface area (TPSA) is 55.6 Å². The third-order valence-corrected chi connectivity index (χ3v) is 2.96. The minimum absolute atomic E-state index is 0. The highest BCUT2D eigenvalue weighted by molar-refractivity contribution is 5.85. The van der Waals surface area contributed by atoms with Crippen LogP contribution in [-0.2, 0) is 4.74 Å². The van der Waals surface area contributed by atoms with Crippen molar-refractivity contribution in [2.24, 2.45) is 11.1 Å². The maximum Gasteiger partial charge on any atom is 0.410 e. The summed E-state index contributed by atoms with van der Waals surface area (Å²) in [5.41, 5.74) is 5.56. The highest BCUT2D eigenvalue weighted by Gasteiger charge is 2.36. The van der Waals surface area contributed by atoms with Gasteiger partial charge in [-0.15, -0.1) is 12.4 Å². The Morgan fingerprint density at radius 2 is 1.94 bits per heavy atom. The van der Waals surface area contributed by atoms with E-state index in [4.69, 9.17) is 10.5 Å². The number of carbonyl (C=O) groups is 1. The van der Waals surface area contributed by atoms with Crippen molar-refractivity contribution in [1.29, 1.82) is 0 Å². The normalized spacial score (nSPS) is 23.9. The van der Waals surface area contributed by atoms with Crippen molar-refractivity contribution in [3.63, 3.8) is 0 Å². The van der Waals surface area contributed by atoms with Crippen LogP contribution in [0.2, 0.25) is 0 Å². The summed E-state index contributed by atoms with van der Waals surface area (Å²) in [4.78, 5) is 13.6. The molecule has 2 N–H and O–H groups in total. The molecule has 0 bridgehead atoms. The van der Waals surface area contributed by atoms with E-state index in [1.807, 2.05) is 20.8 Å². The lowest BCUT2D eigenvalue weighted by Gasteiger charge is -2.42. The lowest BCUT2D eigenvalue weighted by Crippen LogP contribution is -2.54. The molecule has 0 aromatic heterocycles. The Morgan fingerprint density at radius 1 is 1.41 bits per heavy atom. The number of rotatable bonds is 0. The third-order valence-electron chi connectivity index (χ3n) is 2.96. The molecule has 4 nitrogen and oxygen atoms in total. The molecule has 0 unspecified atom stereocenters. The van der Waals surface area contributed by atoms with Crippen LogP contribution in [0.15, 0.2) is 0 Å². The summed E-state index contributed by atoms with van der Waals surface area (Å²) in [5, 5.41) is 0. The van der Waals surface area contributed by atoms with E-state index in [0.29, 0.717) is 13.1 Å². The van der Waals surface area contributed by atoms with Crippen LogP contribution in [0.1, 0.15) is 41.0 Å². The number of hydrogen-bond donors (Lipinski definition) is 1. The summed E-state index contributed by atoms with van der Waals surface area (Å²) < 4.78 is 5.35. The van der Waals surface area contributed by atoms with Gasteiger partial charge in [-0.3, -0.25) is 0 Å². The number of halogens is 1. The fourth-order valence-corrected chi connectivity index (χ4v) is 1.86. The third kappa shape index (κ3) is 4.72. The molecule has 1 saturated heterocycles. The minimum Gasteiger partial charge on any atom is -0.444 e. The maximum absolute atomic E-state index is 11.9. The number of nitrogens with zero attached hydrogens (tertiary/aromatic N) is 1. The van der Waals surface area contributed by atoms with E-state index in [9.17, 15) is 4.79 Å². The molecule has 17 heavy (non-hydrogen) atoms. The van der Waals surface area contributed by atoms with Crippen LogP contribution in [0.25, 0.3) is 0 Å². The molecular weight excluding hydrogens is 240 g/mol. The second-order valence-corrected chi connectivity index (χ2v) is 6.29. The predicted octanol–water partition coefficient (Wildman–Crippen LogP) is 2.40. The molecule has 0 saturated carbocycles. The molecule has 0 spiro atoms. The van der Waals surface area contributed by atoms with Crippen LogP contribution < -0.4 is 5.73 Å². The van der Waals surface area contributed by atoms with Crippen molar-refractivity contribution in [1.82, 2.24) is 4.90 Å². The largest absolute Gasteiger partial charge is 0.444 e. The Hall–Kier alpha value is -0.480. The SMILES string of the molecule is CC(C)(C)OC(=O)N1CC[C@H](N)C(C)(C)C1.Cl. The minimum atomic E-state index is -0.430. The Labute approximate surface area is 110 Å². The first kappa shape index (κ1) is 16.5. The van der Waals surface area contributed by atoms with Gasteiger partial charge < -0.3 is 15.4 Å². The van der Waals surface area contributed by atoms with Crippen molar-refractivity contribution in [3.8, 4) is 0 Å². The van der Waals surface area contributed by atoms with Crippen LogP contribution in [0.5, 0.6) is 0 Å². The van der Waals surface area contributed by atoms with Crippen LogP contribution >= 0.6 is 12.4 Å². The van der Waals surface area contributed by atoms with Gasteiger partial charge in [0.05, 0.1) is 0 Å². The van der Waals surface area contributed by atoms with Crippen LogP contribution in [-0.4, -0.2) is 35.7 Å². The van der Waals surface area contributed by atoms with Crippen molar-refractivity contribution in [3.05, 3.63) is 0 Å². The Balaban J connectivity index is 0.00000256. The van der Waals surface area contributed by atoms with Crippen molar-refractivity contribution in [2.45, 2.75) is 52.7 Å². The zero-order valence-electron chi connectivity index (χ0n) is 11.4. The standard InChI is InChI=1S/C12H24N2O2.ClH/c1-11(2,3)16-10(15)14-7-6-9(13)12(4,5)8-14;/h9H,6-8,13H2,1-5H3;1H/t9-;/m0./s1. The van der Waals surface area contributed by atoms with E-state index >= 15 is 0 Å². The molecule has 1 aliphatic rings. The Kier molecular flexibility index (Phi) is 5.29. The first-order valence-electron chi connectivity index (χ1n) is 5.85. The zero-order chi connectivity index (χ0) is 12.6. The molecule has 1 fully saturated rings. The number of nitrogens with two attached hydrogens (primary N) is 1. The molecule has 1 amide bonds. The zero-order valence-corrected chi connectivity index (χ0v) is 12.3. The number of carbonyl (C=O) groups excluding carboxylic acids is 1. The summed E-state index contributed by atoms with van der Waals surface area (Å²) in [6.45, 7) is 11.2. The highest BCUT2D eigenvalue weighted by atomic mass is 35.5. The second kappa shape index (κ2) is 5.44. The molecule has 0 aromatic carbocycles. The molecule has 1 heterocycles. The molecular formula is C12H25ClN2O2. The number of ether oxygens (including phenoxy) is 1. The lowest BCUT2D eigenvalue weighted by atomic mass is 9.80. The van der Waals surface area contributed by atoms with Gasteiger partial charge in [-0.25, -0.2) is 4.79 Å². The van der Waals surface area contributed by atoms with Crippen molar-refractivity contribution >= 4 is 18.5 Å². The number of piperidine rings is 1. The van der Waals surface area contributed by atoms with E-state index in [2.05, 4.69) is 13.8 Å². The van der Waals surface area contributed by atoms with Gasteiger partial charge in [0.2, 0.25) is 0 Å². The molecule has 0 radical (unpaired) electrons. The lowest BCUT2D eigenvalue weighted by molar-refractivity contribution is 0.00551. The van der Waals surface area contributed by atoms with Gasteiger partial charge in [-0.1, -0.05) is 13.8 Å². The molecule has 1 aliphatic heterocycles. The van der Waals surface area contributed by atoms with Gasteiger partial charge in [0.1, 0.15) is 5.60 Å². The van der Waals surface area contributed by atoms with Gasteiger partial charge in [-0.2, -0.15) is 0 Å². The smallest absolute Gasteiger partial charge is 0.410 e. The van der Waals surface area contributed by atoms with Crippen LogP contribution in [0.3, 0.4) is 0 Å². The Morgan fingerprint density at radius 3 is 2.35 bits per heavy atom. The van der Waals surface area contributed by atoms with Gasteiger partial charge >= 0.3 is 6.09 Å². The van der Waals surface area contributed by atoms with Crippen molar-refractivity contribution in [2.75, 3.05) is 13.1 Å². The van der Waals surface area contributed by atoms with E-state index in [-0.39, 0.29) is 30.0 Å². The second-order valence-electron chi connectivity index (χ2n) is 6.29. The average molecular weight is 265 g/mol. The summed E-state index contributed by atoms with van der Waals surface area (Å²) in [7, 11) is 0. The fourth-order valence-electron chi connectivity index (χ4n) is 1.86. The van der Waals surface area contributed by atoms with E-state index in [1.54, 1.807) is 4.90 Å². The van der Waals surface area contributed by atoms with E-state index < -0.39 is 5.60 Å². The summed E-state index contributed by atoms with van der Waals surface area (Å²) >= 11 is 0. The van der Waals surface area contributed by atoms with Gasteiger partial charge in [0.15, 0.2) is 0 Å². The molecule has 0 aromatic rings. The first-order chi connectivity index (χ1) is 7.12. The van der Waals surface area contributed by atoms with Gasteiger partial charge in [0.25, 0.3) is 0 Å². The van der Waals surface area contributed by atoms with Crippen molar-refractivity contribution < 1.29 is 9.53 Å². The summed E-state index contributed by atoms with van der Waals surface area (Å²) in [5.74, 6) is 0. The molecule has 102 valence electrons. The van der Waals surface area contributed by atoms with Crippen LogP contribution in [0.4, 0.5) is 4.79 Å². The molecule has 1 rings (SSSR count). The van der Waals surface area contributed by atoms with Gasteiger partial charge in [0, 0.05) is 19.1 Å². The Bertz CT molecular complexity index is 274.